The molecule has 1 aliphatic rings. The zero-order valence-corrected chi connectivity index (χ0v) is 17.3. The highest BCUT2D eigenvalue weighted by molar-refractivity contribution is 7.21. The summed E-state index contributed by atoms with van der Waals surface area (Å²) in [4.78, 5) is 29.0. The van der Waals surface area contributed by atoms with Crippen molar-refractivity contribution in [2.75, 3.05) is 13.4 Å². The Hall–Kier alpha value is -3.37. The number of hydrogen-bond donors (Lipinski definition) is 2. The minimum atomic E-state index is -0.479. The zero-order chi connectivity index (χ0) is 20.7. The van der Waals surface area contributed by atoms with E-state index >= 15 is 0 Å². The van der Waals surface area contributed by atoms with Crippen LogP contribution in [0.4, 0.5) is 0 Å². The topological polar surface area (TPSA) is 98.8 Å². The summed E-state index contributed by atoms with van der Waals surface area (Å²) in [5.74, 6) is 0.735. The Morgan fingerprint density at radius 2 is 2.03 bits per heavy atom. The van der Waals surface area contributed by atoms with E-state index in [-0.39, 0.29) is 13.4 Å². The van der Waals surface area contributed by atoms with Gasteiger partial charge in [0.2, 0.25) is 6.79 Å². The van der Waals surface area contributed by atoms with Crippen molar-refractivity contribution >= 4 is 54.8 Å². The number of amides is 2. The number of rotatable bonds is 4. The second-order valence-corrected chi connectivity index (χ2v) is 8.63. The lowest BCUT2D eigenvalue weighted by Gasteiger charge is -2.10. The number of nitrogens with one attached hydrogen (secondary N) is 2. The Morgan fingerprint density at radius 1 is 1.17 bits per heavy atom. The third-order valence-corrected chi connectivity index (χ3v) is 6.32. The molecule has 1 aliphatic heterocycles. The minimum Gasteiger partial charge on any atom is -0.483 e. The number of carbonyl (C=O) groups excluding carboxylic acids is 2. The number of thiophene rings is 1. The number of thiazole rings is 1. The van der Waals surface area contributed by atoms with Crippen LogP contribution in [-0.4, -0.2) is 30.2 Å². The monoisotopic (exact) mass is 441 g/mol. The van der Waals surface area contributed by atoms with Gasteiger partial charge in [0.1, 0.15) is 5.75 Å². The van der Waals surface area contributed by atoms with Gasteiger partial charge in [0.05, 0.1) is 19.9 Å². The van der Waals surface area contributed by atoms with Gasteiger partial charge in [-0.2, -0.15) is 0 Å². The highest BCUT2D eigenvalue weighted by Crippen LogP contribution is 2.38. The first-order valence-corrected chi connectivity index (χ1v) is 10.7. The van der Waals surface area contributed by atoms with Crippen molar-refractivity contribution in [2.24, 2.45) is 0 Å². The molecule has 0 fully saturated rings. The molecule has 5 rings (SSSR count). The molecule has 8 nitrogen and oxygen atoms in total. The second kappa shape index (κ2) is 7.47. The van der Waals surface area contributed by atoms with Gasteiger partial charge < -0.3 is 14.2 Å². The molecule has 4 aromatic rings. The number of ether oxygens (including phenoxy) is 3. The number of hydrazine groups is 1. The van der Waals surface area contributed by atoms with Crippen LogP contribution in [0.25, 0.3) is 20.3 Å². The lowest BCUT2D eigenvalue weighted by Crippen LogP contribution is -2.43. The van der Waals surface area contributed by atoms with E-state index in [0.29, 0.717) is 22.8 Å². The van der Waals surface area contributed by atoms with Gasteiger partial charge in [-0.1, -0.05) is 0 Å². The van der Waals surface area contributed by atoms with Crippen LogP contribution < -0.4 is 25.1 Å². The smallest absolute Gasteiger partial charge is 0.276 e. The van der Waals surface area contributed by atoms with Gasteiger partial charge in [-0.25, -0.2) is 4.98 Å². The van der Waals surface area contributed by atoms with Gasteiger partial charge in [-0.15, -0.1) is 22.7 Å². The molecule has 0 spiro atoms. The van der Waals surface area contributed by atoms with Crippen molar-refractivity contribution in [3.63, 3.8) is 0 Å². The molecule has 0 saturated heterocycles. The van der Waals surface area contributed by atoms with Crippen LogP contribution in [0.3, 0.4) is 0 Å². The van der Waals surface area contributed by atoms with Crippen LogP contribution in [0.1, 0.15) is 15.4 Å². The van der Waals surface area contributed by atoms with Crippen molar-refractivity contribution < 1.29 is 23.8 Å². The van der Waals surface area contributed by atoms with Gasteiger partial charge in [-0.3, -0.25) is 20.4 Å². The Bertz CT molecular complexity index is 1300. The van der Waals surface area contributed by atoms with Crippen LogP contribution >= 0.6 is 22.7 Å². The van der Waals surface area contributed by atoms with E-state index in [4.69, 9.17) is 14.2 Å². The van der Waals surface area contributed by atoms with E-state index in [2.05, 4.69) is 15.8 Å². The molecule has 10 heteroatoms. The Kier molecular flexibility index (Phi) is 4.64. The molecule has 0 unspecified atom stereocenters. The summed E-state index contributed by atoms with van der Waals surface area (Å²) in [6.07, 6.45) is 0. The fraction of sp³-hybridized carbons (Fsp3) is 0.150. The van der Waals surface area contributed by atoms with Crippen LogP contribution in [0.15, 0.2) is 35.7 Å². The van der Waals surface area contributed by atoms with Crippen molar-refractivity contribution in [3.8, 4) is 17.2 Å². The minimum absolute atomic E-state index is 0.124. The average Bonchev–Trinajstić information content (AvgIpc) is 3.47. The summed E-state index contributed by atoms with van der Waals surface area (Å²) >= 11 is 3.16. The predicted molar refractivity (Wildman–Crippen MR) is 113 cm³/mol. The number of hydrogen-bond acceptors (Lipinski definition) is 8. The Balaban J connectivity index is 1.23. The third kappa shape index (κ3) is 3.40. The molecule has 2 aromatic heterocycles. The Labute approximate surface area is 178 Å². The summed E-state index contributed by atoms with van der Waals surface area (Å²) in [6.45, 7) is 1.84. The quantitative estimate of drug-likeness (QED) is 0.471. The molecular formula is C20H15N3O5S2. The summed E-state index contributed by atoms with van der Waals surface area (Å²) in [6, 6.07) is 8.63. The molecule has 3 heterocycles. The molecule has 30 heavy (non-hydrogen) atoms. The summed E-state index contributed by atoms with van der Waals surface area (Å²) in [5.41, 5.74) is 6.02. The highest BCUT2D eigenvalue weighted by atomic mass is 32.1. The van der Waals surface area contributed by atoms with Crippen LogP contribution in [-0.2, 0) is 4.79 Å². The predicted octanol–water partition coefficient (Wildman–Crippen LogP) is 3.39. The standard InChI is InChI=1S/C20H15N3O5S2/c1-10-21-18-16(30-10)7-14(12-4-5-29-19(12)18)26-8-17(24)22-23-20(25)11-2-3-13-15(6-11)28-9-27-13/h2-7H,8-9H2,1H3,(H,22,24)(H,23,25). The molecule has 2 N–H and O–H groups in total. The van der Waals surface area contributed by atoms with Gasteiger partial charge in [0.15, 0.2) is 18.1 Å². The summed E-state index contributed by atoms with van der Waals surface area (Å²) in [5, 5.41) is 3.85. The fourth-order valence-electron chi connectivity index (χ4n) is 3.12. The molecule has 0 aliphatic carbocycles. The van der Waals surface area contributed by atoms with Crippen molar-refractivity contribution in [3.05, 3.63) is 46.3 Å². The van der Waals surface area contributed by atoms with Crippen molar-refractivity contribution in [1.82, 2.24) is 15.8 Å². The lowest BCUT2D eigenvalue weighted by atomic mass is 10.2. The number of fused-ring (bicyclic) bond motifs is 4. The SMILES string of the molecule is Cc1nc2c(cc(OCC(=O)NNC(=O)c3ccc4c(c3)OCO4)c3ccsc32)s1. The maximum Gasteiger partial charge on any atom is 0.276 e. The van der Waals surface area contributed by atoms with Crippen molar-refractivity contribution in [2.45, 2.75) is 6.92 Å². The first kappa shape index (κ1) is 18.6. The fourth-order valence-corrected chi connectivity index (χ4v) is 4.96. The van der Waals surface area contributed by atoms with Crippen LogP contribution in [0, 0.1) is 6.92 Å². The maximum atomic E-state index is 12.2. The van der Waals surface area contributed by atoms with Gasteiger partial charge in [0.25, 0.3) is 11.8 Å². The Morgan fingerprint density at radius 3 is 2.93 bits per heavy atom. The molecular weight excluding hydrogens is 426 g/mol. The highest BCUT2D eigenvalue weighted by Gasteiger charge is 2.17. The van der Waals surface area contributed by atoms with Crippen molar-refractivity contribution in [1.29, 1.82) is 0 Å². The molecule has 0 saturated carbocycles. The van der Waals surface area contributed by atoms with E-state index in [1.54, 1.807) is 40.9 Å². The number of nitrogens with zero attached hydrogens (tertiary/aromatic N) is 1. The zero-order valence-electron chi connectivity index (χ0n) is 15.7. The normalized spacial score (nSPS) is 12.3. The maximum absolute atomic E-state index is 12.2. The molecule has 0 radical (unpaired) electrons. The average molecular weight is 441 g/mol. The lowest BCUT2D eigenvalue weighted by molar-refractivity contribution is -0.123. The van der Waals surface area contributed by atoms with Crippen LogP contribution in [0.2, 0.25) is 0 Å². The number of aromatic nitrogens is 1. The molecule has 152 valence electrons. The molecule has 2 aromatic carbocycles. The third-order valence-electron chi connectivity index (χ3n) is 4.48. The van der Waals surface area contributed by atoms with E-state index in [1.807, 2.05) is 24.4 Å². The summed E-state index contributed by atoms with van der Waals surface area (Å²) < 4.78 is 18.2. The van der Waals surface area contributed by atoms with Gasteiger partial charge >= 0.3 is 0 Å². The van der Waals surface area contributed by atoms with E-state index < -0.39 is 11.8 Å². The first-order valence-electron chi connectivity index (χ1n) is 8.97. The van der Waals surface area contributed by atoms with Crippen LogP contribution in [0.5, 0.6) is 17.2 Å². The van der Waals surface area contributed by atoms with E-state index in [1.165, 1.54) is 0 Å². The summed E-state index contributed by atoms with van der Waals surface area (Å²) in [7, 11) is 0. The largest absolute Gasteiger partial charge is 0.483 e. The van der Waals surface area contributed by atoms with E-state index in [0.717, 1.165) is 25.3 Å². The van der Waals surface area contributed by atoms with Gasteiger partial charge in [-0.05, 0) is 36.6 Å². The van der Waals surface area contributed by atoms with Gasteiger partial charge in [0, 0.05) is 17.0 Å². The number of aryl methyl sites for hydroxylation is 1. The second-order valence-electron chi connectivity index (χ2n) is 6.48. The number of carbonyl (C=O) groups is 2. The molecule has 0 bridgehead atoms. The number of benzene rings is 2. The van der Waals surface area contributed by atoms with E-state index in [9.17, 15) is 9.59 Å². The first-order chi connectivity index (χ1) is 14.6. The molecule has 0 atom stereocenters. The molecule has 2 amide bonds.